The van der Waals surface area contributed by atoms with Gasteiger partial charge in [0.05, 0.1) is 6.04 Å². The zero-order chi connectivity index (χ0) is 10.8. The van der Waals surface area contributed by atoms with Crippen LogP contribution in [0.4, 0.5) is 0 Å². The number of nitrogens with zero attached hydrogens (tertiary/aromatic N) is 2. The van der Waals surface area contributed by atoms with Gasteiger partial charge in [0.15, 0.2) is 5.82 Å². The Labute approximate surface area is 95.6 Å². The van der Waals surface area contributed by atoms with Gasteiger partial charge in [0, 0.05) is 10.0 Å². The normalized spacial score (nSPS) is 12.7. The van der Waals surface area contributed by atoms with Crippen molar-refractivity contribution in [3.05, 3.63) is 34.6 Å². The smallest absolute Gasteiger partial charge is 0.257 e. The summed E-state index contributed by atoms with van der Waals surface area (Å²) in [6.45, 7) is 1.82. The third-order valence-electron chi connectivity index (χ3n) is 1.94. The molecule has 0 saturated heterocycles. The summed E-state index contributed by atoms with van der Waals surface area (Å²) < 4.78 is 6.11. The van der Waals surface area contributed by atoms with Crippen molar-refractivity contribution in [3.8, 4) is 11.5 Å². The maximum absolute atomic E-state index is 5.64. The number of benzene rings is 1. The third-order valence-corrected chi connectivity index (χ3v) is 2.47. The number of rotatable bonds is 2. The van der Waals surface area contributed by atoms with Crippen LogP contribution in [0.3, 0.4) is 0 Å². The second-order valence-corrected chi connectivity index (χ2v) is 4.17. The number of hydrogen-bond acceptors (Lipinski definition) is 4. The molecule has 1 heterocycles. The van der Waals surface area contributed by atoms with Crippen molar-refractivity contribution < 1.29 is 4.52 Å². The van der Waals surface area contributed by atoms with Gasteiger partial charge in [0.25, 0.3) is 5.89 Å². The Morgan fingerprint density at radius 3 is 2.53 bits per heavy atom. The molecule has 78 valence electrons. The van der Waals surface area contributed by atoms with E-state index in [-0.39, 0.29) is 6.04 Å². The molecule has 0 aliphatic rings. The molecule has 0 radical (unpaired) electrons. The topological polar surface area (TPSA) is 64.9 Å². The fraction of sp³-hybridized carbons (Fsp3) is 0.200. The molecule has 0 aliphatic heterocycles. The van der Waals surface area contributed by atoms with Crippen molar-refractivity contribution >= 4 is 15.9 Å². The van der Waals surface area contributed by atoms with Gasteiger partial charge in [-0.2, -0.15) is 4.98 Å². The lowest BCUT2D eigenvalue weighted by Crippen LogP contribution is -2.06. The predicted octanol–water partition coefficient (Wildman–Crippen LogP) is 2.52. The fourth-order valence-electron chi connectivity index (χ4n) is 1.13. The molecule has 0 amide bonds. The van der Waals surface area contributed by atoms with Gasteiger partial charge in [0.2, 0.25) is 0 Å². The van der Waals surface area contributed by atoms with Crippen molar-refractivity contribution in [2.24, 2.45) is 5.73 Å². The lowest BCUT2D eigenvalue weighted by Gasteiger charge is -1.94. The van der Waals surface area contributed by atoms with E-state index in [4.69, 9.17) is 10.3 Å². The van der Waals surface area contributed by atoms with E-state index < -0.39 is 0 Å². The van der Waals surface area contributed by atoms with E-state index in [0.29, 0.717) is 11.7 Å². The minimum Gasteiger partial charge on any atom is -0.334 e. The van der Waals surface area contributed by atoms with Gasteiger partial charge < -0.3 is 10.3 Å². The molecule has 5 heteroatoms. The van der Waals surface area contributed by atoms with E-state index in [0.717, 1.165) is 10.0 Å². The first-order chi connectivity index (χ1) is 7.16. The van der Waals surface area contributed by atoms with Crippen LogP contribution in [0.15, 0.2) is 33.3 Å². The van der Waals surface area contributed by atoms with E-state index in [1.165, 1.54) is 0 Å². The zero-order valence-corrected chi connectivity index (χ0v) is 9.73. The molecule has 2 N–H and O–H groups in total. The van der Waals surface area contributed by atoms with Gasteiger partial charge in [-0.05, 0) is 31.2 Å². The van der Waals surface area contributed by atoms with Gasteiger partial charge in [-0.15, -0.1) is 0 Å². The van der Waals surface area contributed by atoms with E-state index >= 15 is 0 Å². The van der Waals surface area contributed by atoms with Crippen LogP contribution in [0.5, 0.6) is 0 Å². The van der Waals surface area contributed by atoms with Crippen LogP contribution in [0, 0.1) is 0 Å². The quantitative estimate of drug-likeness (QED) is 0.908. The number of halogens is 1. The molecule has 1 atom stereocenters. The van der Waals surface area contributed by atoms with Crippen molar-refractivity contribution in [3.63, 3.8) is 0 Å². The number of aromatic nitrogens is 2. The molecular formula is C10H10BrN3O. The van der Waals surface area contributed by atoms with Gasteiger partial charge >= 0.3 is 0 Å². The van der Waals surface area contributed by atoms with E-state index in [1.807, 2.05) is 31.2 Å². The SMILES string of the molecule is CC(N)c1noc(-c2ccc(Br)cc2)n1. The monoisotopic (exact) mass is 267 g/mol. The Hall–Kier alpha value is -1.20. The molecule has 2 aromatic rings. The first-order valence-electron chi connectivity index (χ1n) is 4.52. The minimum absolute atomic E-state index is 0.210. The van der Waals surface area contributed by atoms with Gasteiger partial charge in [-0.25, -0.2) is 0 Å². The number of nitrogens with two attached hydrogens (primary N) is 1. The van der Waals surface area contributed by atoms with Crippen LogP contribution in [-0.4, -0.2) is 10.1 Å². The predicted molar refractivity (Wildman–Crippen MR) is 60.0 cm³/mol. The lowest BCUT2D eigenvalue weighted by molar-refractivity contribution is 0.418. The molecule has 2 rings (SSSR count). The average Bonchev–Trinajstić information content (AvgIpc) is 2.68. The summed E-state index contributed by atoms with van der Waals surface area (Å²) in [5.41, 5.74) is 6.52. The molecule has 0 aliphatic carbocycles. The number of hydrogen-bond donors (Lipinski definition) is 1. The fourth-order valence-corrected chi connectivity index (χ4v) is 1.39. The molecule has 1 unspecified atom stereocenters. The molecule has 0 spiro atoms. The average molecular weight is 268 g/mol. The van der Waals surface area contributed by atoms with Gasteiger partial charge in [-0.3, -0.25) is 0 Å². The van der Waals surface area contributed by atoms with Gasteiger partial charge in [0.1, 0.15) is 0 Å². The van der Waals surface area contributed by atoms with Crippen LogP contribution in [0.1, 0.15) is 18.8 Å². The molecule has 0 bridgehead atoms. The highest BCUT2D eigenvalue weighted by Crippen LogP contribution is 2.20. The van der Waals surface area contributed by atoms with Gasteiger partial charge in [-0.1, -0.05) is 21.1 Å². The Bertz CT molecular complexity index is 450. The Balaban J connectivity index is 2.33. The van der Waals surface area contributed by atoms with Crippen molar-refractivity contribution in [1.29, 1.82) is 0 Å². The molecule has 15 heavy (non-hydrogen) atoms. The molecule has 4 nitrogen and oxygen atoms in total. The summed E-state index contributed by atoms with van der Waals surface area (Å²) in [6, 6.07) is 7.44. The highest BCUT2D eigenvalue weighted by atomic mass is 79.9. The first kappa shape index (κ1) is 10.3. The molecule has 0 fully saturated rings. The lowest BCUT2D eigenvalue weighted by atomic mass is 10.2. The van der Waals surface area contributed by atoms with Crippen LogP contribution < -0.4 is 5.73 Å². The zero-order valence-electron chi connectivity index (χ0n) is 8.14. The highest BCUT2D eigenvalue weighted by molar-refractivity contribution is 9.10. The Morgan fingerprint density at radius 1 is 1.33 bits per heavy atom. The summed E-state index contributed by atoms with van der Waals surface area (Å²) >= 11 is 3.36. The summed E-state index contributed by atoms with van der Waals surface area (Å²) in [7, 11) is 0. The molecule has 1 aromatic heterocycles. The van der Waals surface area contributed by atoms with Crippen molar-refractivity contribution in [1.82, 2.24) is 10.1 Å². The van der Waals surface area contributed by atoms with E-state index in [1.54, 1.807) is 0 Å². The van der Waals surface area contributed by atoms with Crippen molar-refractivity contribution in [2.75, 3.05) is 0 Å². The maximum Gasteiger partial charge on any atom is 0.257 e. The second kappa shape index (κ2) is 4.12. The van der Waals surface area contributed by atoms with Crippen LogP contribution in [0.2, 0.25) is 0 Å². The molecule has 0 saturated carbocycles. The third kappa shape index (κ3) is 2.24. The molecular weight excluding hydrogens is 258 g/mol. The second-order valence-electron chi connectivity index (χ2n) is 3.25. The molecule has 1 aromatic carbocycles. The largest absolute Gasteiger partial charge is 0.334 e. The Kier molecular flexibility index (Phi) is 2.83. The highest BCUT2D eigenvalue weighted by Gasteiger charge is 2.11. The Morgan fingerprint density at radius 2 is 2.00 bits per heavy atom. The maximum atomic E-state index is 5.64. The summed E-state index contributed by atoms with van der Waals surface area (Å²) in [5, 5.41) is 3.79. The van der Waals surface area contributed by atoms with Crippen LogP contribution in [-0.2, 0) is 0 Å². The first-order valence-corrected chi connectivity index (χ1v) is 5.31. The van der Waals surface area contributed by atoms with Crippen LogP contribution >= 0.6 is 15.9 Å². The summed E-state index contributed by atoms with van der Waals surface area (Å²) in [6.07, 6.45) is 0. The van der Waals surface area contributed by atoms with E-state index in [9.17, 15) is 0 Å². The van der Waals surface area contributed by atoms with E-state index in [2.05, 4.69) is 26.1 Å². The summed E-state index contributed by atoms with van der Waals surface area (Å²) in [5.74, 6) is 1.02. The van der Waals surface area contributed by atoms with Crippen LogP contribution in [0.25, 0.3) is 11.5 Å². The van der Waals surface area contributed by atoms with Crippen molar-refractivity contribution in [2.45, 2.75) is 13.0 Å². The standard InChI is InChI=1S/C10H10BrN3O/c1-6(12)9-13-10(15-14-9)7-2-4-8(11)5-3-7/h2-6H,12H2,1H3. The minimum atomic E-state index is -0.210. The summed E-state index contributed by atoms with van der Waals surface area (Å²) in [4.78, 5) is 4.19.